The summed E-state index contributed by atoms with van der Waals surface area (Å²) in [5, 5.41) is 0. The van der Waals surface area contributed by atoms with Gasteiger partial charge in [0.05, 0.1) is 0 Å². The maximum absolute atomic E-state index is 14.4. The summed E-state index contributed by atoms with van der Waals surface area (Å²) < 4.78 is 103. The molecule has 29 heavy (non-hydrogen) atoms. The standard InChI is InChI=1S/C20H15F7OSe/c1-2-3-12-4-5-17(29-12)10-6-13(21)18(14(22)7-10)20(26,27)28-11-8-15(23)19(25)16(24)9-11/h4-9H,2-3,29H2,1H3. The van der Waals surface area contributed by atoms with Crippen molar-refractivity contribution in [2.75, 3.05) is 0 Å². The van der Waals surface area contributed by atoms with Crippen molar-refractivity contribution in [1.82, 2.24) is 0 Å². The van der Waals surface area contributed by atoms with Crippen molar-refractivity contribution in [3.8, 4) is 5.75 Å². The first-order chi connectivity index (χ1) is 13.6. The molecule has 3 rings (SSSR count). The molecule has 0 aromatic heterocycles. The maximum atomic E-state index is 14.4. The molecule has 1 nitrogen and oxygen atoms in total. The Bertz CT molecular complexity index is 968. The second-order valence-electron chi connectivity index (χ2n) is 6.28. The average molecular weight is 483 g/mol. The number of hydrogen-bond donors (Lipinski definition) is 0. The van der Waals surface area contributed by atoms with Gasteiger partial charge in [0.1, 0.15) is 0 Å². The summed E-state index contributed by atoms with van der Waals surface area (Å²) in [6.45, 7) is 2.00. The van der Waals surface area contributed by atoms with Gasteiger partial charge in [-0.15, -0.1) is 0 Å². The van der Waals surface area contributed by atoms with Crippen LogP contribution in [0.25, 0.3) is 4.47 Å². The van der Waals surface area contributed by atoms with Crippen LogP contribution in [-0.2, 0) is 6.11 Å². The molecular formula is C20H15F7OSe. The average Bonchev–Trinajstić information content (AvgIpc) is 3.07. The van der Waals surface area contributed by atoms with Gasteiger partial charge in [0.15, 0.2) is 0 Å². The number of halogens is 7. The SMILES string of the molecule is CCCC1=CC=C(c2cc(F)c(C(F)(F)Oc3cc(F)c(F)c(F)c3)c(F)c2)[SeH2]1. The van der Waals surface area contributed by atoms with Gasteiger partial charge in [-0.05, 0) is 0 Å². The van der Waals surface area contributed by atoms with E-state index in [2.05, 4.69) is 4.74 Å². The Hall–Kier alpha value is -2.25. The van der Waals surface area contributed by atoms with Crippen LogP contribution in [0.3, 0.4) is 0 Å². The number of hydrogen-bond acceptors (Lipinski definition) is 1. The summed E-state index contributed by atoms with van der Waals surface area (Å²) in [5.74, 6) is -9.69. The molecule has 156 valence electrons. The zero-order valence-electron chi connectivity index (χ0n) is 14.9. The Balaban J connectivity index is 1.89. The zero-order chi connectivity index (χ0) is 21.3. The van der Waals surface area contributed by atoms with Crippen LogP contribution in [0.2, 0.25) is 0 Å². The summed E-state index contributed by atoms with van der Waals surface area (Å²) >= 11 is -0.788. The van der Waals surface area contributed by atoms with Gasteiger partial charge in [0.25, 0.3) is 0 Å². The summed E-state index contributed by atoms with van der Waals surface area (Å²) in [6.07, 6.45) is 0.789. The summed E-state index contributed by atoms with van der Waals surface area (Å²) in [5.41, 5.74) is -1.55. The monoisotopic (exact) mass is 484 g/mol. The number of allylic oxidation sites excluding steroid dienone is 3. The molecule has 2 aromatic carbocycles. The predicted molar refractivity (Wildman–Crippen MR) is 96.7 cm³/mol. The van der Waals surface area contributed by atoms with Crippen molar-refractivity contribution < 1.29 is 35.5 Å². The molecule has 1 heterocycles. The van der Waals surface area contributed by atoms with Crippen LogP contribution in [0.5, 0.6) is 5.75 Å². The van der Waals surface area contributed by atoms with Crippen LogP contribution >= 0.6 is 0 Å². The van der Waals surface area contributed by atoms with Crippen molar-refractivity contribution in [2.45, 2.75) is 25.9 Å². The van der Waals surface area contributed by atoms with E-state index in [0.717, 1.165) is 25.0 Å². The second kappa shape index (κ2) is 8.24. The quantitative estimate of drug-likeness (QED) is 0.290. The number of benzene rings is 2. The molecule has 0 saturated heterocycles. The van der Waals surface area contributed by atoms with Gasteiger partial charge in [-0.1, -0.05) is 0 Å². The van der Waals surface area contributed by atoms with Crippen LogP contribution in [-0.4, -0.2) is 15.0 Å². The molecule has 0 aliphatic carbocycles. The van der Waals surface area contributed by atoms with E-state index in [4.69, 9.17) is 0 Å². The first-order valence-corrected chi connectivity index (χ1v) is 10.6. The molecule has 0 fully saturated rings. The van der Waals surface area contributed by atoms with Gasteiger partial charge in [-0.25, -0.2) is 0 Å². The zero-order valence-corrected chi connectivity index (χ0v) is 17.0. The summed E-state index contributed by atoms with van der Waals surface area (Å²) in [7, 11) is 0. The van der Waals surface area contributed by atoms with E-state index < -0.39 is 61.5 Å². The van der Waals surface area contributed by atoms with E-state index in [-0.39, 0.29) is 17.7 Å². The minimum absolute atomic E-state index is 0.153. The molecule has 1 aliphatic rings. The molecule has 1 aliphatic heterocycles. The Morgan fingerprint density at radius 3 is 2.00 bits per heavy atom. The number of ether oxygens (including phenoxy) is 1. The fourth-order valence-corrected chi connectivity index (χ4v) is 5.64. The minimum atomic E-state index is -4.59. The van der Waals surface area contributed by atoms with Crippen LogP contribution < -0.4 is 4.74 Å². The third kappa shape index (κ3) is 4.51. The van der Waals surface area contributed by atoms with Gasteiger partial charge in [-0.3, -0.25) is 0 Å². The fourth-order valence-electron chi connectivity index (χ4n) is 2.82. The van der Waals surface area contributed by atoms with E-state index in [9.17, 15) is 30.7 Å². The Morgan fingerprint density at radius 2 is 1.45 bits per heavy atom. The Labute approximate surface area is 168 Å². The normalized spacial score (nSPS) is 15.4. The van der Waals surface area contributed by atoms with E-state index in [1.165, 1.54) is 4.47 Å². The predicted octanol–water partition coefficient (Wildman–Crippen LogP) is 5.72. The summed E-state index contributed by atoms with van der Waals surface area (Å²) in [6, 6.07) is 1.87. The van der Waals surface area contributed by atoms with E-state index >= 15 is 0 Å². The molecule has 0 amide bonds. The van der Waals surface area contributed by atoms with Crippen LogP contribution in [0, 0.1) is 29.1 Å². The van der Waals surface area contributed by atoms with Crippen molar-refractivity contribution in [2.24, 2.45) is 0 Å². The molecule has 0 unspecified atom stereocenters. The van der Waals surface area contributed by atoms with Crippen LogP contribution in [0.4, 0.5) is 30.7 Å². The third-order valence-corrected chi connectivity index (χ3v) is 7.18. The number of alkyl halides is 2. The van der Waals surface area contributed by atoms with Crippen molar-refractivity contribution >= 4 is 19.4 Å². The molecule has 0 atom stereocenters. The summed E-state index contributed by atoms with van der Waals surface area (Å²) in [4.78, 5) is 0. The topological polar surface area (TPSA) is 9.23 Å². The fraction of sp³-hybridized carbons (Fsp3) is 0.200. The molecule has 0 radical (unpaired) electrons. The third-order valence-electron chi connectivity index (χ3n) is 4.11. The molecule has 0 bridgehead atoms. The molecule has 0 spiro atoms. The van der Waals surface area contributed by atoms with Crippen molar-refractivity contribution in [3.05, 3.63) is 81.1 Å². The van der Waals surface area contributed by atoms with E-state index in [1.54, 1.807) is 6.08 Å². The first-order valence-electron chi connectivity index (χ1n) is 8.51. The molecule has 2 aromatic rings. The van der Waals surface area contributed by atoms with Gasteiger partial charge in [0.2, 0.25) is 0 Å². The van der Waals surface area contributed by atoms with Crippen molar-refractivity contribution in [1.29, 1.82) is 0 Å². The van der Waals surface area contributed by atoms with Gasteiger partial charge in [0, 0.05) is 0 Å². The van der Waals surface area contributed by atoms with E-state index in [1.807, 2.05) is 13.0 Å². The number of rotatable bonds is 6. The van der Waals surface area contributed by atoms with Crippen LogP contribution in [0.15, 0.2) is 40.9 Å². The van der Waals surface area contributed by atoms with Gasteiger partial charge >= 0.3 is 168 Å². The van der Waals surface area contributed by atoms with Crippen molar-refractivity contribution in [3.63, 3.8) is 0 Å². The molecular weight excluding hydrogens is 468 g/mol. The van der Waals surface area contributed by atoms with Gasteiger partial charge in [-0.2, -0.15) is 0 Å². The van der Waals surface area contributed by atoms with Crippen LogP contribution in [0.1, 0.15) is 30.9 Å². The Kier molecular flexibility index (Phi) is 6.10. The molecule has 0 N–H and O–H groups in total. The first kappa shape index (κ1) is 21.5. The Morgan fingerprint density at radius 1 is 0.862 bits per heavy atom. The second-order valence-corrected chi connectivity index (χ2v) is 9.28. The molecule has 0 saturated carbocycles. The van der Waals surface area contributed by atoms with Gasteiger partial charge < -0.3 is 0 Å². The molecule has 9 heteroatoms. The van der Waals surface area contributed by atoms with E-state index in [0.29, 0.717) is 4.47 Å².